The van der Waals surface area contributed by atoms with Gasteiger partial charge in [0.05, 0.1) is 12.8 Å². The van der Waals surface area contributed by atoms with E-state index in [4.69, 9.17) is 4.74 Å². The van der Waals surface area contributed by atoms with Crippen LogP contribution in [0.1, 0.15) is 110 Å². The molecule has 1 atom stereocenters. The zero-order chi connectivity index (χ0) is 22.4. The van der Waals surface area contributed by atoms with Crippen LogP contribution in [0.15, 0.2) is 30.3 Å². The highest BCUT2D eigenvalue weighted by Crippen LogP contribution is 2.18. The Hall–Kier alpha value is -0.510. The number of benzene rings is 1. The molecule has 1 aromatic rings. The van der Waals surface area contributed by atoms with Crippen LogP contribution in [-0.4, -0.2) is 36.6 Å². The molecule has 0 fully saturated rings. The quantitative estimate of drug-likeness (QED) is 0.130. The maximum absolute atomic E-state index is 6.54. The number of unbranched alkanes of at least 4 members (excludes halogenated alkanes) is 9. The van der Waals surface area contributed by atoms with Gasteiger partial charge in [-0.3, -0.25) is 4.90 Å². The molecule has 0 aliphatic carbocycles. The van der Waals surface area contributed by atoms with Crippen molar-refractivity contribution in [2.75, 3.05) is 25.6 Å². The lowest BCUT2D eigenvalue weighted by Gasteiger charge is -2.26. The molecule has 0 amide bonds. The van der Waals surface area contributed by atoms with E-state index in [-0.39, 0.29) is 0 Å². The Morgan fingerprint density at radius 3 is 1.90 bits per heavy atom. The average Bonchev–Trinajstić information content (AvgIpc) is 2.80. The molecular formula is C28H51NOS. The third-order valence-corrected chi connectivity index (χ3v) is 7.09. The van der Waals surface area contributed by atoms with Gasteiger partial charge in [-0.25, -0.2) is 0 Å². The second kappa shape index (κ2) is 21.3. The van der Waals surface area contributed by atoms with Crippen molar-refractivity contribution >= 4 is 11.8 Å². The summed E-state index contributed by atoms with van der Waals surface area (Å²) in [5.41, 5.74) is 1.42. The maximum Gasteiger partial charge on any atom is 0.0994 e. The summed E-state index contributed by atoms with van der Waals surface area (Å²) in [5, 5.41) is 0. The van der Waals surface area contributed by atoms with Gasteiger partial charge < -0.3 is 4.74 Å². The van der Waals surface area contributed by atoms with Gasteiger partial charge in [-0.2, -0.15) is 11.8 Å². The van der Waals surface area contributed by atoms with Crippen LogP contribution >= 0.6 is 11.8 Å². The lowest BCUT2D eigenvalue weighted by molar-refractivity contribution is -0.0177. The highest BCUT2D eigenvalue weighted by molar-refractivity contribution is 7.98. The minimum absolute atomic E-state index is 0.388. The molecule has 0 N–H and O–H groups in total. The topological polar surface area (TPSA) is 12.5 Å². The highest BCUT2D eigenvalue weighted by Gasteiger charge is 2.13. The fourth-order valence-corrected chi connectivity index (χ4v) is 4.94. The maximum atomic E-state index is 6.54. The van der Waals surface area contributed by atoms with Gasteiger partial charge in [0.25, 0.3) is 0 Å². The first-order valence-corrected chi connectivity index (χ1v) is 14.4. The van der Waals surface area contributed by atoms with Crippen LogP contribution in [0.5, 0.6) is 0 Å². The van der Waals surface area contributed by atoms with E-state index in [1.165, 1.54) is 102 Å². The molecule has 0 saturated carbocycles. The summed E-state index contributed by atoms with van der Waals surface area (Å²) in [6.45, 7) is 10.1. The molecule has 0 heterocycles. The minimum atomic E-state index is 0.388. The van der Waals surface area contributed by atoms with Gasteiger partial charge in [-0.1, -0.05) is 115 Å². The Morgan fingerprint density at radius 2 is 1.32 bits per heavy atom. The minimum Gasteiger partial charge on any atom is -0.362 e. The molecular weight excluding hydrogens is 398 g/mol. The van der Waals surface area contributed by atoms with E-state index in [9.17, 15) is 0 Å². The molecule has 31 heavy (non-hydrogen) atoms. The van der Waals surface area contributed by atoms with E-state index in [1.807, 2.05) is 11.8 Å². The van der Waals surface area contributed by atoms with Crippen LogP contribution in [0.2, 0.25) is 0 Å². The van der Waals surface area contributed by atoms with Crippen molar-refractivity contribution in [1.82, 2.24) is 4.90 Å². The number of hydrogen-bond acceptors (Lipinski definition) is 3. The van der Waals surface area contributed by atoms with Gasteiger partial charge in [0.1, 0.15) is 0 Å². The van der Waals surface area contributed by atoms with Crippen molar-refractivity contribution < 1.29 is 4.74 Å². The van der Waals surface area contributed by atoms with Crippen LogP contribution in [0.3, 0.4) is 0 Å². The predicted octanol–water partition coefficient (Wildman–Crippen LogP) is 8.70. The van der Waals surface area contributed by atoms with E-state index in [1.54, 1.807) is 0 Å². The molecule has 1 unspecified atom stereocenters. The van der Waals surface area contributed by atoms with Crippen LogP contribution in [0.25, 0.3) is 0 Å². The third-order valence-electron chi connectivity index (χ3n) is 5.94. The Balaban J connectivity index is 2.46. The van der Waals surface area contributed by atoms with Gasteiger partial charge in [0, 0.05) is 24.6 Å². The van der Waals surface area contributed by atoms with E-state index < -0.39 is 0 Å². The van der Waals surface area contributed by atoms with Crippen LogP contribution in [0, 0.1) is 0 Å². The third kappa shape index (κ3) is 16.7. The van der Waals surface area contributed by atoms with Gasteiger partial charge in [0.15, 0.2) is 0 Å². The number of ether oxygens (including phenoxy) is 1. The Bertz CT molecular complexity index is 469. The molecule has 1 aromatic carbocycles. The molecule has 1 rings (SSSR count). The number of hydrogen-bond donors (Lipinski definition) is 0. The summed E-state index contributed by atoms with van der Waals surface area (Å²) in [7, 11) is 0. The van der Waals surface area contributed by atoms with Gasteiger partial charge in [-0.15, -0.1) is 0 Å². The molecule has 0 aliphatic rings. The van der Waals surface area contributed by atoms with Crippen LogP contribution in [-0.2, 0) is 10.5 Å². The summed E-state index contributed by atoms with van der Waals surface area (Å²) in [4.78, 5) is 2.59. The molecule has 180 valence electrons. The first-order valence-electron chi connectivity index (χ1n) is 13.3. The molecule has 0 spiro atoms. The number of thioether (sulfide) groups is 1. The predicted molar refractivity (Wildman–Crippen MR) is 141 cm³/mol. The summed E-state index contributed by atoms with van der Waals surface area (Å²) < 4.78 is 6.54. The summed E-state index contributed by atoms with van der Waals surface area (Å²) in [5.74, 6) is 2.20. The molecule has 0 radical (unpaired) electrons. The van der Waals surface area contributed by atoms with Gasteiger partial charge in [0.2, 0.25) is 0 Å². The van der Waals surface area contributed by atoms with Crippen molar-refractivity contribution in [3.05, 3.63) is 35.9 Å². The fraction of sp³-hybridized carbons (Fsp3) is 0.786. The molecule has 0 bridgehead atoms. The molecule has 2 nitrogen and oxygen atoms in total. The largest absolute Gasteiger partial charge is 0.362 e. The van der Waals surface area contributed by atoms with E-state index in [2.05, 4.69) is 56.0 Å². The lowest BCUT2D eigenvalue weighted by Crippen LogP contribution is -2.32. The van der Waals surface area contributed by atoms with E-state index in [0.717, 1.165) is 18.2 Å². The monoisotopic (exact) mass is 449 g/mol. The number of rotatable bonds is 22. The number of nitrogens with zero attached hydrogens (tertiary/aromatic N) is 1. The molecule has 0 saturated heterocycles. The lowest BCUT2D eigenvalue weighted by atomic mass is 10.1. The molecule has 0 aliphatic heterocycles. The van der Waals surface area contributed by atoms with E-state index >= 15 is 0 Å². The van der Waals surface area contributed by atoms with E-state index in [0.29, 0.717) is 6.10 Å². The summed E-state index contributed by atoms with van der Waals surface area (Å²) in [6.07, 6.45) is 17.6. The first-order chi connectivity index (χ1) is 15.3. The van der Waals surface area contributed by atoms with Gasteiger partial charge in [-0.05, 0) is 24.8 Å². The van der Waals surface area contributed by atoms with Crippen LogP contribution in [0.4, 0.5) is 0 Å². The Morgan fingerprint density at radius 1 is 0.742 bits per heavy atom. The van der Waals surface area contributed by atoms with Gasteiger partial charge >= 0.3 is 0 Å². The second-order valence-electron chi connectivity index (χ2n) is 9.01. The zero-order valence-corrected chi connectivity index (χ0v) is 21.8. The van der Waals surface area contributed by atoms with Crippen molar-refractivity contribution in [3.8, 4) is 0 Å². The Labute approximate surface area is 198 Å². The average molecular weight is 450 g/mol. The van der Waals surface area contributed by atoms with Crippen molar-refractivity contribution in [1.29, 1.82) is 0 Å². The first kappa shape index (κ1) is 28.5. The standard InChI is InChI=1S/C28H51NOS/c1-4-7-10-16-21-28(25-31-24-27-19-14-13-15-20-27)30-26-29(22-17-11-8-5-2)23-18-12-9-6-3/h13-15,19-20,28H,4-12,16-18,21-26H2,1-3H3. The Kier molecular flexibility index (Phi) is 19.6. The zero-order valence-electron chi connectivity index (χ0n) is 21.0. The fourth-order valence-electron chi connectivity index (χ4n) is 3.87. The summed E-state index contributed by atoms with van der Waals surface area (Å²) in [6, 6.07) is 10.9. The normalized spacial score (nSPS) is 12.5. The van der Waals surface area contributed by atoms with Crippen LogP contribution < -0.4 is 0 Å². The smallest absolute Gasteiger partial charge is 0.0994 e. The van der Waals surface area contributed by atoms with Crippen molar-refractivity contribution in [3.63, 3.8) is 0 Å². The highest BCUT2D eigenvalue weighted by atomic mass is 32.2. The summed E-state index contributed by atoms with van der Waals surface area (Å²) >= 11 is 2.04. The van der Waals surface area contributed by atoms with Crippen molar-refractivity contribution in [2.24, 2.45) is 0 Å². The second-order valence-corrected chi connectivity index (χ2v) is 10.0. The SMILES string of the molecule is CCCCCCC(CSCc1ccccc1)OCN(CCCCCC)CCCCCC. The van der Waals surface area contributed by atoms with Crippen molar-refractivity contribution in [2.45, 2.75) is 116 Å². The molecule has 0 aromatic heterocycles. The molecule has 3 heteroatoms.